The van der Waals surface area contributed by atoms with Gasteiger partial charge in [-0.15, -0.1) is 0 Å². The second-order valence-electron chi connectivity index (χ2n) is 5.41. The smallest absolute Gasteiger partial charge is 0.252 e. The lowest BCUT2D eigenvalue weighted by Gasteiger charge is -2.36. The number of carbonyl (C=O) groups is 1. The molecule has 2 N–H and O–H groups in total. The molecule has 1 aliphatic heterocycles. The van der Waals surface area contributed by atoms with E-state index in [9.17, 15) is 4.79 Å². The lowest BCUT2D eigenvalue weighted by atomic mass is 9.74. The van der Waals surface area contributed by atoms with Gasteiger partial charge in [-0.1, -0.05) is 19.8 Å². The molecule has 2 unspecified atom stereocenters. The molecule has 2 atom stereocenters. The van der Waals surface area contributed by atoms with E-state index in [2.05, 4.69) is 22.5 Å². The number of aliphatic imine (C=N–C) groups is 1. The van der Waals surface area contributed by atoms with Crippen molar-refractivity contribution in [2.45, 2.75) is 57.0 Å². The molecule has 0 aromatic heterocycles. The number of hydrogen-bond acceptors (Lipinski definition) is 2. The Morgan fingerprint density at radius 3 is 2.81 bits per heavy atom. The number of carbonyl (C=O) groups excluding carboxylic acids is 1. The molecule has 0 radical (unpaired) electrons. The highest BCUT2D eigenvalue weighted by atomic mass is 16.2. The normalized spacial score (nSPS) is 41.2. The predicted molar refractivity (Wildman–Crippen MR) is 62.1 cm³/mol. The van der Waals surface area contributed by atoms with Crippen molar-refractivity contribution in [3.05, 3.63) is 0 Å². The monoisotopic (exact) mass is 221 g/mol. The highest BCUT2D eigenvalue weighted by molar-refractivity contribution is 6.09. The minimum absolute atomic E-state index is 0.138. The van der Waals surface area contributed by atoms with Gasteiger partial charge in [-0.2, -0.15) is 0 Å². The van der Waals surface area contributed by atoms with Crippen LogP contribution in [0.4, 0.5) is 0 Å². The van der Waals surface area contributed by atoms with Crippen LogP contribution >= 0.6 is 0 Å². The van der Waals surface area contributed by atoms with Crippen LogP contribution in [0.2, 0.25) is 0 Å². The molecule has 0 aromatic carbocycles. The Kier molecular flexibility index (Phi) is 2.19. The first-order chi connectivity index (χ1) is 7.71. The lowest BCUT2D eigenvalue weighted by molar-refractivity contribution is -0.126. The van der Waals surface area contributed by atoms with Gasteiger partial charge in [-0.05, 0) is 31.6 Å². The maximum atomic E-state index is 12.1. The molecule has 2 aliphatic carbocycles. The van der Waals surface area contributed by atoms with Gasteiger partial charge in [0.1, 0.15) is 5.54 Å². The summed E-state index contributed by atoms with van der Waals surface area (Å²) < 4.78 is 0. The van der Waals surface area contributed by atoms with Crippen LogP contribution in [-0.4, -0.2) is 23.4 Å². The molecular weight excluding hydrogens is 202 g/mol. The Labute approximate surface area is 95.9 Å². The van der Waals surface area contributed by atoms with Crippen molar-refractivity contribution in [1.82, 2.24) is 10.6 Å². The summed E-state index contributed by atoms with van der Waals surface area (Å²) in [7, 11) is 0. The Morgan fingerprint density at radius 2 is 2.12 bits per heavy atom. The summed E-state index contributed by atoms with van der Waals surface area (Å²) in [6.45, 7) is 2.17. The van der Waals surface area contributed by atoms with Crippen molar-refractivity contribution >= 4 is 11.9 Å². The summed E-state index contributed by atoms with van der Waals surface area (Å²) in [6, 6.07) is 0.455. The van der Waals surface area contributed by atoms with Gasteiger partial charge in [0.15, 0.2) is 5.96 Å². The van der Waals surface area contributed by atoms with E-state index in [0.717, 1.165) is 25.2 Å². The molecule has 4 nitrogen and oxygen atoms in total. The number of amides is 1. The first kappa shape index (κ1) is 10.1. The maximum Gasteiger partial charge on any atom is 0.252 e. The molecule has 88 valence electrons. The largest absolute Gasteiger partial charge is 0.341 e. The molecule has 3 rings (SSSR count). The zero-order valence-corrected chi connectivity index (χ0v) is 9.75. The van der Waals surface area contributed by atoms with Gasteiger partial charge in [0.25, 0.3) is 5.91 Å². The van der Waals surface area contributed by atoms with E-state index in [4.69, 9.17) is 0 Å². The van der Waals surface area contributed by atoms with Gasteiger partial charge in [0.05, 0.1) is 6.04 Å². The molecule has 1 spiro atoms. The first-order valence-electron chi connectivity index (χ1n) is 6.38. The summed E-state index contributed by atoms with van der Waals surface area (Å²) in [5, 5.41) is 6.28. The van der Waals surface area contributed by atoms with Crippen molar-refractivity contribution in [2.24, 2.45) is 10.9 Å². The average Bonchev–Trinajstić information content (AvgIpc) is 2.99. The molecular formula is C12H19N3O. The fourth-order valence-electron chi connectivity index (χ4n) is 2.84. The van der Waals surface area contributed by atoms with Crippen molar-refractivity contribution < 1.29 is 4.79 Å². The van der Waals surface area contributed by atoms with Crippen molar-refractivity contribution in [3.8, 4) is 0 Å². The third-order valence-corrected chi connectivity index (χ3v) is 4.14. The third-order valence-electron chi connectivity index (χ3n) is 4.14. The van der Waals surface area contributed by atoms with E-state index < -0.39 is 0 Å². The molecule has 3 aliphatic rings. The van der Waals surface area contributed by atoms with Gasteiger partial charge >= 0.3 is 0 Å². The van der Waals surface area contributed by atoms with Crippen LogP contribution in [0.5, 0.6) is 0 Å². The summed E-state index contributed by atoms with van der Waals surface area (Å²) in [4.78, 5) is 16.6. The third kappa shape index (κ3) is 1.51. The zero-order chi connectivity index (χ0) is 11.2. The van der Waals surface area contributed by atoms with Crippen LogP contribution in [0, 0.1) is 5.92 Å². The number of guanidine groups is 1. The maximum absolute atomic E-state index is 12.1. The standard InChI is InChI=1S/C12H19N3O/c1-8-4-2-3-7-12(8)10(16)14-11(15-12)13-9-5-6-9/h8-9H,2-7H2,1H3,(H2,13,14,15,16). The topological polar surface area (TPSA) is 53.5 Å². The highest BCUT2D eigenvalue weighted by Crippen LogP contribution is 2.36. The van der Waals surface area contributed by atoms with Crippen molar-refractivity contribution in [2.75, 3.05) is 0 Å². The minimum Gasteiger partial charge on any atom is -0.341 e. The van der Waals surface area contributed by atoms with E-state index in [1.807, 2.05) is 0 Å². The summed E-state index contributed by atoms with van der Waals surface area (Å²) in [5.74, 6) is 1.27. The molecule has 0 aromatic rings. The summed E-state index contributed by atoms with van der Waals surface area (Å²) in [5.41, 5.74) is -0.355. The van der Waals surface area contributed by atoms with Crippen LogP contribution in [-0.2, 0) is 4.79 Å². The Balaban J connectivity index is 1.82. The highest BCUT2D eigenvalue weighted by Gasteiger charge is 2.50. The van der Waals surface area contributed by atoms with Crippen LogP contribution in [0.3, 0.4) is 0 Å². The number of nitrogens with one attached hydrogen (secondary N) is 2. The zero-order valence-electron chi connectivity index (χ0n) is 9.75. The number of nitrogens with zero attached hydrogens (tertiary/aromatic N) is 1. The first-order valence-corrected chi connectivity index (χ1v) is 6.38. The second-order valence-corrected chi connectivity index (χ2v) is 5.41. The fourth-order valence-corrected chi connectivity index (χ4v) is 2.84. The van der Waals surface area contributed by atoms with E-state index in [-0.39, 0.29) is 11.4 Å². The number of hydrogen-bond donors (Lipinski definition) is 2. The van der Waals surface area contributed by atoms with Crippen LogP contribution in [0.1, 0.15) is 45.4 Å². The Bertz CT molecular complexity index is 348. The van der Waals surface area contributed by atoms with Gasteiger partial charge in [0, 0.05) is 0 Å². The molecule has 1 saturated heterocycles. The Hall–Kier alpha value is -1.06. The molecule has 1 amide bonds. The van der Waals surface area contributed by atoms with E-state index >= 15 is 0 Å². The van der Waals surface area contributed by atoms with Crippen LogP contribution < -0.4 is 10.6 Å². The molecule has 1 heterocycles. The predicted octanol–water partition coefficient (Wildman–Crippen LogP) is 1.17. The van der Waals surface area contributed by atoms with Crippen molar-refractivity contribution in [1.29, 1.82) is 0 Å². The minimum atomic E-state index is -0.355. The van der Waals surface area contributed by atoms with E-state index in [1.165, 1.54) is 19.3 Å². The molecule has 2 saturated carbocycles. The van der Waals surface area contributed by atoms with E-state index in [0.29, 0.717) is 12.0 Å². The lowest BCUT2D eigenvalue weighted by Crippen LogP contribution is -2.53. The van der Waals surface area contributed by atoms with Crippen molar-refractivity contribution in [3.63, 3.8) is 0 Å². The molecule has 3 fully saturated rings. The summed E-state index contributed by atoms with van der Waals surface area (Å²) in [6.07, 6.45) is 6.81. The van der Waals surface area contributed by atoms with E-state index in [1.54, 1.807) is 0 Å². The van der Waals surface area contributed by atoms with Gasteiger partial charge in [0.2, 0.25) is 0 Å². The fraction of sp³-hybridized carbons (Fsp3) is 0.833. The summed E-state index contributed by atoms with van der Waals surface area (Å²) >= 11 is 0. The molecule has 16 heavy (non-hydrogen) atoms. The molecule has 0 bridgehead atoms. The van der Waals surface area contributed by atoms with Gasteiger partial charge in [-0.3, -0.25) is 10.1 Å². The van der Waals surface area contributed by atoms with Gasteiger partial charge < -0.3 is 5.32 Å². The van der Waals surface area contributed by atoms with Gasteiger partial charge in [-0.25, -0.2) is 4.99 Å². The van der Waals surface area contributed by atoms with Crippen LogP contribution in [0.15, 0.2) is 4.99 Å². The SMILES string of the molecule is CC1CCCCC12NC(=NC1CC1)NC2=O. The van der Waals surface area contributed by atoms with Crippen LogP contribution in [0.25, 0.3) is 0 Å². The average molecular weight is 221 g/mol. The second kappa shape index (κ2) is 3.47. The molecule has 4 heteroatoms. The quantitative estimate of drug-likeness (QED) is 0.698. The Morgan fingerprint density at radius 1 is 1.31 bits per heavy atom. The number of rotatable bonds is 1.